The van der Waals surface area contributed by atoms with Gasteiger partial charge in [0.05, 0.1) is 7.11 Å². The number of hydrogen-bond acceptors (Lipinski definition) is 5. The smallest absolute Gasteiger partial charge is 0.119 e. The highest BCUT2D eigenvalue weighted by Gasteiger charge is 2.19. The predicted octanol–water partition coefficient (Wildman–Crippen LogP) is -0.0253. The van der Waals surface area contributed by atoms with E-state index in [-0.39, 0.29) is 31.2 Å². The molecule has 0 aliphatic carbocycles. The minimum absolute atomic E-state index is 0. The third-order valence-electron chi connectivity index (χ3n) is 4.61. The molecule has 3 N–H and O–H groups in total. The average molecular weight is 423 g/mol. The first-order valence-corrected chi connectivity index (χ1v) is 9.80. The lowest BCUT2D eigenvalue weighted by molar-refractivity contribution is -0.00000932. The monoisotopic (exact) mass is 422 g/mol. The Hall–Kier alpha value is -1.79. The van der Waals surface area contributed by atoms with E-state index in [1.54, 1.807) is 7.11 Å². The summed E-state index contributed by atoms with van der Waals surface area (Å²) < 4.78 is 10.9. The second-order valence-corrected chi connectivity index (χ2v) is 7.73. The quantitative estimate of drug-likeness (QED) is 0.448. The topological polar surface area (TPSA) is 71.0 Å². The van der Waals surface area contributed by atoms with Crippen LogP contribution in [0, 0.1) is 0 Å². The van der Waals surface area contributed by atoms with Crippen molar-refractivity contribution < 1.29 is 32.1 Å². The molecule has 5 nitrogen and oxygen atoms in total. The fourth-order valence-corrected chi connectivity index (χ4v) is 3.00. The molecule has 0 spiro atoms. The highest BCUT2D eigenvalue weighted by Crippen LogP contribution is 2.17. The molecule has 0 amide bonds. The first-order valence-electron chi connectivity index (χ1n) is 9.80. The zero-order valence-electron chi connectivity index (χ0n) is 17.5. The number of aryl methyl sites for hydroxylation is 1. The van der Waals surface area contributed by atoms with Crippen LogP contribution >= 0.6 is 0 Å². The predicted molar refractivity (Wildman–Crippen MR) is 112 cm³/mol. The van der Waals surface area contributed by atoms with Crippen LogP contribution in [0.1, 0.15) is 31.4 Å². The van der Waals surface area contributed by atoms with Crippen LogP contribution in [0.15, 0.2) is 48.5 Å². The summed E-state index contributed by atoms with van der Waals surface area (Å²) in [6.07, 6.45) is 1.87. The van der Waals surface area contributed by atoms with Crippen molar-refractivity contribution in [2.45, 2.75) is 44.8 Å². The van der Waals surface area contributed by atoms with E-state index in [1.165, 1.54) is 11.1 Å². The van der Waals surface area contributed by atoms with E-state index < -0.39 is 6.10 Å². The van der Waals surface area contributed by atoms with Gasteiger partial charge in [0.1, 0.15) is 24.2 Å². The maximum atomic E-state index is 10.2. The first-order chi connectivity index (χ1) is 13.4. The Kier molecular flexibility index (Phi) is 11.1. The molecule has 0 saturated heterocycles. The second kappa shape index (κ2) is 12.7. The summed E-state index contributed by atoms with van der Waals surface area (Å²) in [6.45, 7) is 5.14. The lowest BCUT2D eigenvalue weighted by Gasteiger charge is -2.28. The number of ether oxygens (including phenoxy) is 2. The number of aliphatic hydroxyl groups excluding tert-OH is 2. The van der Waals surface area contributed by atoms with Gasteiger partial charge in [0.15, 0.2) is 0 Å². The van der Waals surface area contributed by atoms with Crippen molar-refractivity contribution in [3.63, 3.8) is 0 Å². The molecule has 1 unspecified atom stereocenters. The van der Waals surface area contributed by atoms with Crippen molar-refractivity contribution >= 4 is 0 Å². The molecule has 2 rings (SSSR count). The first kappa shape index (κ1) is 25.2. The molecule has 0 saturated carbocycles. The number of nitrogens with one attached hydrogen (secondary N) is 1. The Morgan fingerprint density at radius 3 is 2.14 bits per heavy atom. The molecule has 0 radical (unpaired) electrons. The van der Waals surface area contributed by atoms with Crippen molar-refractivity contribution in [3.8, 4) is 11.5 Å². The van der Waals surface area contributed by atoms with Crippen LogP contribution in [0.4, 0.5) is 0 Å². The van der Waals surface area contributed by atoms with Gasteiger partial charge >= 0.3 is 0 Å². The van der Waals surface area contributed by atoms with Gasteiger partial charge in [-0.05, 0) is 68.5 Å². The van der Waals surface area contributed by atoms with Gasteiger partial charge in [-0.3, -0.25) is 0 Å². The van der Waals surface area contributed by atoms with Crippen LogP contribution in [0.5, 0.6) is 11.5 Å². The van der Waals surface area contributed by atoms with Crippen LogP contribution in [-0.2, 0) is 12.8 Å². The van der Waals surface area contributed by atoms with Gasteiger partial charge in [-0.1, -0.05) is 24.3 Å². The number of benzene rings is 2. The van der Waals surface area contributed by atoms with E-state index in [0.717, 1.165) is 30.8 Å². The van der Waals surface area contributed by atoms with Crippen molar-refractivity contribution in [1.82, 2.24) is 5.32 Å². The van der Waals surface area contributed by atoms with Crippen LogP contribution in [0.2, 0.25) is 0 Å². The van der Waals surface area contributed by atoms with Crippen molar-refractivity contribution in [1.29, 1.82) is 0 Å². The molecule has 1 atom stereocenters. The number of aliphatic hydroxyl groups is 2. The van der Waals surface area contributed by atoms with Gasteiger partial charge in [0.25, 0.3) is 0 Å². The number of halogens is 1. The van der Waals surface area contributed by atoms with Gasteiger partial charge in [-0.2, -0.15) is 0 Å². The molecule has 2 aromatic rings. The summed E-state index contributed by atoms with van der Waals surface area (Å²) in [5, 5.41) is 22.5. The molecule has 29 heavy (non-hydrogen) atoms. The highest BCUT2D eigenvalue weighted by molar-refractivity contribution is 5.28. The van der Waals surface area contributed by atoms with Crippen LogP contribution in [0.25, 0.3) is 0 Å². The van der Waals surface area contributed by atoms with Gasteiger partial charge in [0.2, 0.25) is 0 Å². The summed E-state index contributed by atoms with van der Waals surface area (Å²) >= 11 is 0. The molecule has 2 aromatic carbocycles. The summed E-state index contributed by atoms with van der Waals surface area (Å²) in [6, 6.07) is 15.8. The van der Waals surface area contributed by atoms with Gasteiger partial charge in [-0.15, -0.1) is 0 Å². The number of methoxy groups -OCH3 is 1. The number of hydrogen-bond donors (Lipinski definition) is 3. The zero-order valence-corrected chi connectivity index (χ0v) is 18.3. The van der Waals surface area contributed by atoms with Crippen LogP contribution in [-0.4, -0.2) is 48.7 Å². The Morgan fingerprint density at radius 2 is 1.55 bits per heavy atom. The van der Waals surface area contributed by atoms with Crippen molar-refractivity contribution in [2.24, 2.45) is 0 Å². The minimum Gasteiger partial charge on any atom is -1.00 e. The van der Waals surface area contributed by atoms with Crippen LogP contribution < -0.4 is 27.2 Å². The van der Waals surface area contributed by atoms with Gasteiger partial charge in [-0.25, -0.2) is 0 Å². The van der Waals surface area contributed by atoms with Crippen LogP contribution in [0.3, 0.4) is 0 Å². The fraction of sp³-hybridized carbons (Fsp3) is 0.478. The minimum atomic E-state index is -0.593. The Morgan fingerprint density at radius 1 is 0.966 bits per heavy atom. The molecular formula is C23H33ClNO4-. The molecule has 0 bridgehead atoms. The molecule has 6 heteroatoms. The fourth-order valence-electron chi connectivity index (χ4n) is 3.00. The Balaban J connectivity index is 0.00000420. The lowest BCUT2D eigenvalue weighted by atomic mass is 9.94. The molecule has 162 valence electrons. The summed E-state index contributed by atoms with van der Waals surface area (Å²) in [5.74, 6) is 1.59. The van der Waals surface area contributed by atoms with Crippen molar-refractivity contribution in [2.75, 3.05) is 26.9 Å². The molecular weight excluding hydrogens is 390 g/mol. The summed E-state index contributed by atoms with van der Waals surface area (Å²) in [5.41, 5.74) is 2.23. The maximum absolute atomic E-state index is 10.2. The van der Waals surface area contributed by atoms with Gasteiger partial charge in [0, 0.05) is 18.7 Å². The standard InChI is InChI=1S/C23H33NO4.ClH/c1-23(2,15-19-8-10-21(27-3)11-9-19)24-16-20(26)17-28-22-12-6-18(7-13-22)5-4-14-25;/h6-13,20,24-26H,4-5,14-17H2,1-3H3;1H/p-1. The maximum Gasteiger partial charge on any atom is 0.119 e. The van der Waals surface area contributed by atoms with E-state index in [9.17, 15) is 5.11 Å². The Bertz CT molecular complexity index is 689. The summed E-state index contributed by atoms with van der Waals surface area (Å²) in [4.78, 5) is 0. The van der Waals surface area contributed by atoms with Gasteiger partial charge < -0.3 is 37.4 Å². The lowest BCUT2D eigenvalue weighted by Crippen LogP contribution is -3.00. The second-order valence-electron chi connectivity index (χ2n) is 7.73. The third kappa shape index (κ3) is 9.50. The van der Waals surface area contributed by atoms with E-state index in [4.69, 9.17) is 14.6 Å². The molecule has 0 heterocycles. The highest BCUT2D eigenvalue weighted by atomic mass is 35.5. The number of β-amino-alcohol motifs (C(OH)–C–C–N with tert-alkyl or cyclic N) is 1. The average Bonchev–Trinajstić information content (AvgIpc) is 2.70. The molecule has 0 aromatic heterocycles. The number of rotatable bonds is 12. The Labute approximate surface area is 180 Å². The van der Waals surface area contributed by atoms with E-state index in [1.807, 2.05) is 36.4 Å². The summed E-state index contributed by atoms with van der Waals surface area (Å²) in [7, 11) is 1.66. The van der Waals surface area contributed by atoms with E-state index >= 15 is 0 Å². The molecule has 0 aliphatic rings. The normalized spacial score (nSPS) is 12.2. The molecule has 0 aliphatic heterocycles. The van der Waals surface area contributed by atoms with E-state index in [2.05, 4.69) is 31.3 Å². The zero-order chi connectivity index (χ0) is 20.4. The largest absolute Gasteiger partial charge is 1.00 e. The van der Waals surface area contributed by atoms with E-state index in [0.29, 0.717) is 6.54 Å². The van der Waals surface area contributed by atoms with Crippen molar-refractivity contribution in [3.05, 3.63) is 59.7 Å². The SMILES string of the molecule is COc1ccc(CC(C)(C)NCC(O)COc2ccc(CCCO)cc2)cc1.[Cl-]. The molecule has 0 fully saturated rings. The third-order valence-corrected chi connectivity index (χ3v) is 4.61.